The van der Waals surface area contributed by atoms with E-state index in [1.807, 2.05) is 0 Å². The average Bonchev–Trinajstić information content (AvgIpc) is 2.93. The van der Waals surface area contributed by atoms with Gasteiger partial charge >= 0.3 is 0 Å². The zero-order chi connectivity index (χ0) is 18.4. The Balaban J connectivity index is 1.73. The summed E-state index contributed by atoms with van der Waals surface area (Å²) in [6, 6.07) is 14.4. The summed E-state index contributed by atoms with van der Waals surface area (Å²) >= 11 is 0. The third-order valence-electron chi connectivity index (χ3n) is 5.11. The first-order chi connectivity index (χ1) is 12.6. The molecule has 1 aliphatic rings. The number of hydrogen-bond acceptors (Lipinski definition) is 2. The van der Waals surface area contributed by atoms with Crippen LogP contribution in [-0.4, -0.2) is 30.4 Å². The number of nitrogens with zero attached hydrogens (tertiary/aromatic N) is 1. The van der Waals surface area contributed by atoms with Gasteiger partial charge in [0.05, 0.1) is 6.04 Å². The van der Waals surface area contributed by atoms with E-state index in [0.717, 1.165) is 13.1 Å². The van der Waals surface area contributed by atoms with Crippen LogP contribution in [0.25, 0.3) is 0 Å². The van der Waals surface area contributed by atoms with E-state index in [4.69, 9.17) is 0 Å². The first-order valence-corrected chi connectivity index (χ1v) is 9.48. The van der Waals surface area contributed by atoms with Crippen molar-refractivity contribution in [1.82, 2.24) is 10.2 Å². The Bertz CT molecular complexity index is 704. The van der Waals surface area contributed by atoms with Crippen LogP contribution in [0, 0.1) is 12.7 Å². The van der Waals surface area contributed by atoms with Crippen LogP contribution in [0.1, 0.15) is 53.2 Å². The predicted molar refractivity (Wildman–Crippen MR) is 103 cm³/mol. The number of amides is 1. The quantitative estimate of drug-likeness (QED) is 0.858. The molecule has 1 aliphatic heterocycles. The Morgan fingerprint density at radius 2 is 1.62 bits per heavy atom. The highest BCUT2D eigenvalue weighted by Gasteiger charge is 2.22. The lowest BCUT2D eigenvalue weighted by atomic mass is 10.0. The van der Waals surface area contributed by atoms with Crippen LogP contribution < -0.4 is 5.32 Å². The SMILES string of the molecule is Cc1ccc(C(CNC(=O)c2ccc(F)cc2)N2CCCCCC2)cc1. The molecule has 1 amide bonds. The van der Waals surface area contributed by atoms with Crippen LogP contribution in [-0.2, 0) is 0 Å². The summed E-state index contributed by atoms with van der Waals surface area (Å²) < 4.78 is 13.1. The minimum atomic E-state index is -0.330. The van der Waals surface area contributed by atoms with Crippen molar-refractivity contribution in [1.29, 1.82) is 0 Å². The maximum atomic E-state index is 13.1. The topological polar surface area (TPSA) is 32.3 Å². The molecule has 0 aliphatic carbocycles. The molecular formula is C22H27FN2O. The standard InChI is InChI=1S/C22H27FN2O/c1-17-6-8-18(9-7-17)21(25-14-4-2-3-5-15-25)16-24-22(26)19-10-12-20(23)13-11-19/h6-13,21H,2-5,14-16H2,1H3,(H,24,26). The van der Waals surface area contributed by atoms with Crippen LogP contribution >= 0.6 is 0 Å². The number of halogens is 1. The van der Waals surface area contributed by atoms with E-state index in [2.05, 4.69) is 41.4 Å². The Morgan fingerprint density at radius 3 is 2.23 bits per heavy atom. The summed E-state index contributed by atoms with van der Waals surface area (Å²) in [5, 5.41) is 3.05. The molecule has 2 aromatic carbocycles. The van der Waals surface area contributed by atoms with E-state index in [1.165, 1.54) is 61.1 Å². The Labute approximate surface area is 155 Å². The lowest BCUT2D eigenvalue weighted by Crippen LogP contribution is -2.38. The van der Waals surface area contributed by atoms with Crippen molar-refractivity contribution in [2.24, 2.45) is 0 Å². The molecule has 2 aromatic rings. The molecule has 4 heteroatoms. The first kappa shape index (κ1) is 18.6. The fraction of sp³-hybridized carbons (Fsp3) is 0.409. The number of carbonyl (C=O) groups is 1. The number of hydrogen-bond donors (Lipinski definition) is 1. The third-order valence-corrected chi connectivity index (χ3v) is 5.11. The number of nitrogens with one attached hydrogen (secondary N) is 1. The number of carbonyl (C=O) groups excluding carboxylic acids is 1. The summed E-state index contributed by atoms with van der Waals surface area (Å²) in [4.78, 5) is 14.9. The molecule has 1 unspecified atom stereocenters. The molecule has 3 nitrogen and oxygen atoms in total. The molecule has 3 rings (SSSR count). The summed E-state index contributed by atoms with van der Waals surface area (Å²) in [6.45, 7) is 4.76. The van der Waals surface area contributed by atoms with Crippen molar-refractivity contribution < 1.29 is 9.18 Å². The van der Waals surface area contributed by atoms with Crippen molar-refractivity contribution in [2.75, 3.05) is 19.6 Å². The molecule has 0 aromatic heterocycles. The van der Waals surface area contributed by atoms with E-state index in [1.54, 1.807) is 0 Å². The molecule has 1 atom stereocenters. The van der Waals surface area contributed by atoms with Gasteiger partial charge in [0.15, 0.2) is 0 Å². The van der Waals surface area contributed by atoms with Gasteiger partial charge < -0.3 is 5.32 Å². The van der Waals surface area contributed by atoms with Gasteiger partial charge in [-0.05, 0) is 62.7 Å². The molecule has 0 spiro atoms. The molecule has 138 valence electrons. The zero-order valence-electron chi connectivity index (χ0n) is 15.4. The van der Waals surface area contributed by atoms with Gasteiger partial charge in [0.25, 0.3) is 5.91 Å². The van der Waals surface area contributed by atoms with Crippen molar-refractivity contribution in [3.8, 4) is 0 Å². The third kappa shape index (κ3) is 4.92. The van der Waals surface area contributed by atoms with E-state index < -0.39 is 0 Å². The Hall–Kier alpha value is -2.20. The Kier molecular flexibility index (Phi) is 6.40. The van der Waals surface area contributed by atoms with Gasteiger partial charge in [-0.15, -0.1) is 0 Å². The van der Waals surface area contributed by atoms with Crippen molar-refractivity contribution in [3.63, 3.8) is 0 Å². The van der Waals surface area contributed by atoms with Crippen LogP contribution in [0.3, 0.4) is 0 Å². The molecule has 1 fully saturated rings. The first-order valence-electron chi connectivity index (χ1n) is 9.48. The van der Waals surface area contributed by atoms with Gasteiger partial charge in [0, 0.05) is 12.1 Å². The minimum absolute atomic E-state index is 0.156. The smallest absolute Gasteiger partial charge is 0.251 e. The molecule has 1 N–H and O–H groups in total. The second-order valence-corrected chi connectivity index (χ2v) is 7.09. The lowest BCUT2D eigenvalue weighted by molar-refractivity contribution is 0.0933. The van der Waals surface area contributed by atoms with Gasteiger partial charge in [-0.1, -0.05) is 42.7 Å². The fourth-order valence-electron chi connectivity index (χ4n) is 3.55. The molecule has 0 saturated carbocycles. The number of aryl methyl sites for hydroxylation is 1. The normalized spacial score (nSPS) is 16.7. The minimum Gasteiger partial charge on any atom is -0.350 e. The molecular weight excluding hydrogens is 327 g/mol. The predicted octanol–water partition coefficient (Wildman–Crippen LogP) is 4.48. The summed E-state index contributed by atoms with van der Waals surface area (Å²) in [5.41, 5.74) is 2.96. The van der Waals surface area contributed by atoms with Crippen LogP contribution in [0.2, 0.25) is 0 Å². The molecule has 0 bridgehead atoms. The van der Waals surface area contributed by atoms with Gasteiger partial charge in [0.2, 0.25) is 0 Å². The zero-order valence-corrected chi connectivity index (χ0v) is 15.4. The van der Waals surface area contributed by atoms with Crippen LogP contribution in [0.15, 0.2) is 48.5 Å². The van der Waals surface area contributed by atoms with Crippen LogP contribution in [0.5, 0.6) is 0 Å². The monoisotopic (exact) mass is 354 g/mol. The largest absolute Gasteiger partial charge is 0.350 e. The second kappa shape index (κ2) is 8.95. The van der Waals surface area contributed by atoms with Crippen molar-refractivity contribution in [2.45, 2.75) is 38.6 Å². The molecule has 1 saturated heterocycles. The van der Waals surface area contributed by atoms with Crippen LogP contribution in [0.4, 0.5) is 4.39 Å². The highest BCUT2D eigenvalue weighted by Crippen LogP contribution is 2.24. The highest BCUT2D eigenvalue weighted by molar-refractivity contribution is 5.94. The molecule has 26 heavy (non-hydrogen) atoms. The van der Waals surface area contributed by atoms with Gasteiger partial charge in [0.1, 0.15) is 5.82 Å². The number of rotatable bonds is 5. The fourth-order valence-corrected chi connectivity index (χ4v) is 3.55. The maximum Gasteiger partial charge on any atom is 0.251 e. The average molecular weight is 354 g/mol. The van der Waals surface area contributed by atoms with Crippen molar-refractivity contribution >= 4 is 5.91 Å². The van der Waals surface area contributed by atoms with Gasteiger partial charge in [-0.2, -0.15) is 0 Å². The highest BCUT2D eigenvalue weighted by atomic mass is 19.1. The Morgan fingerprint density at radius 1 is 1.00 bits per heavy atom. The maximum absolute atomic E-state index is 13.1. The van der Waals surface area contributed by atoms with E-state index in [9.17, 15) is 9.18 Å². The second-order valence-electron chi connectivity index (χ2n) is 7.09. The lowest BCUT2D eigenvalue weighted by Gasteiger charge is -2.31. The van der Waals surface area contributed by atoms with Gasteiger partial charge in [-0.25, -0.2) is 4.39 Å². The molecule has 1 heterocycles. The number of likely N-dealkylation sites (tertiary alicyclic amines) is 1. The summed E-state index contributed by atoms with van der Waals surface area (Å²) in [5.74, 6) is -0.486. The van der Waals surface area contributed by atoms with E-state index in [-0.39, 0.29) is 17.8 Å². The van der Waals surface area contributed by atoms with Gasteiger partial charge in [-0.3, -0.25) is 9.69 Å². The van der Waals surface area contributed by atoms with Crippen molar-refractivity contribution in [3.05, 3.63) is 71.0 Å². The van der Waals surface area contributed by atoms with E-state index in [0.29, 0.717) is 12.1 Å². The van der Waals surface area contributed by atoms with E-state index >= 15 is 0 Å². The number of benzene rings is 2. The summed E-state index contributed by atoms with van der Waals surface area (Å²) in [7, 11) is 0. The molecule has 0 radical (unpaired) electrons. The summed E-state index contributed by atoms with van der Waals surface area (Å²) in [6.07, 6.45) is 4.96.